The van der Waals surface area contributed by atoms with Gasteiger partial charge in [0, 0.05) is 0 Å². The van der Waals surface area contributed by atoms with Crippen molar-refractivity contribution < 1.29 is 0 Å². The number of thiophene rings is 1. The quantitative estimate of drug-likeness (QED) is 0.729. The Bertz CT molecular complexity index is 519. The van der Waals surface area contributed by atoms with E-state index in [0.717, 1.165) is 0 Å². The van der Waals surface area contributed by atoms with Crippen LogP contribution in [0.3, 0.4) is 0 Å². The van der Waals surface area contributed by atoms with Gasteiger partial charge < -0.3 is 11.5 Å². The lowest BCUT2D eigenvalue weighted by Crippen LogP contribution is -2.08. The van der Waals surface area contributed by atoms with E-state index in [2.05, 4.69) is 9.97 Å². The highest BCUT2D eigenvalue weighted by atomic mass is 35.6. The Morgan fingerprint density at radius 3 is 2.47 bits per heavy atom. The lowest BCUT2D eigenvalue weighted by atomic mass is 10.4. The molecule has 0 spiro atoms. The highest BCUT2D eigenvalue weighted by Crippen LogP contribution is 2.38. The standard InChI is InChI=1S/C7H5Cl3N4S/c8-7(9,10)6-13-2-1-3(11)15-4(2)5(12)14-6/h1H,11H2,(H2,12,13,14). The number of hydrogen-bond acceptors (Lipinski definition) is 5. The summed E-state index contributed by atoms with van der Waals surface area (Å²) in [4.78, 5) is 7.98. The number of nitrogen functional groups attached to an aromatic ring is 2. The number of rotatable bonds is 0. The molecule has 4 N–H and O–H groups in total. The number of anilines is 2. The highest BCUT2D eigenvalue weighted by Gasteiger charge is 2.28. The minimum Gasteiger partial charge on any atom is -0.391 e. The molecule has 0 amide bonds. The first-order valence-electron chi connectivity index (χ1n) is 3.77. The van der Waals surface area contributed by atoms with E-state index in [1.165, 1.54) is 11.3 Å². The van der Waals surface area contributed by atoms with Crippen LogP contribution in [-0.2, 0) is 3.79 Å². The predicted octanol–water partition coefficient (Wildman–Crippen LogP) is 2.68. The van der Waals surface area contributed by atoms with E-state index >= 15 is 0 Å². The first-order chi connectivity index (χ1) is 6.88. The molecule has 0 saturated carbocycles. The molecule has 0 atom stereocenters. The second-order valence-corrected chi connectivity index (χ2v) is 6.16. The monoisotopic (exact) mass is 282 g/mol. The molecule has 2 heterocycles. The topological polar surface area (TPSA) is 77.8 Å². The van der Waals surface area contributed by atoms with Crippen molar-refractivity contribution in [3.63, 3.8) is 0 Å². The van der Waals surface area contributed by atoms with Gasteiger partial charge in [-0.3, -0.25) is 0 Å². The maximum Gasteiger partial charge on any atom is 0.250 e. The average molecular weight is 284 g/mol. The summed E-state index contributed by atoms with van der Waals surface area (Å²) in [5.41, 5.74) is 11.9. The van der Waals surface area contributed by atoms with Gasteiger partial charge in [0.1, 0.15) is 5.82 Å². The fraction of sp³-hybridized carbons (Fsp3) is 0.143. The van der Waals surface area contributed by atoms with Crippen molar-refractivity contribution in [2.45, 2.75) is 3.79 Å². The third kappa shape index (κ3) is 2.06. The molecule has 2 aromatic heterocycles. The zero-order valence-electron chi connectivity index (χ0n) is 7.17. The summed E-state index contributed by atoms with van der Waals surface area (Å²) < 4.78 is -0.982. The molecule has 0 fully saturated rings. The molecular formula is C7H5Cl3N4S. The first-order valence-corrected chi connectivity index (χ1v) is 5.72. The number of aromatic nitrogens is 2. The smallest absolute Gasteiger partial charge is 0.250 e. The number of alkyl halides is 3. The van der Waals surface area contributed by atoms with Crippen LogP contribution in [0.1, 0.15) is 5.82 Å². The third-order valence-corrected chi connectivity index (χ3v) is 3.15. The second-order valence-electron chi connectivity index (χ2n) is 2.79. The zero-order valence-corrected chi connectivity index (χ0v) is 10.3. The van der Waals surface area contributed by atoms with Gasteiger partial charge in [-0.1, -0.05) is 34.8 Å². The molecule has 0 aliphatic heterocycles. The van der Waals surface area contributed by atoms with Gasteiger partial charge >= 0.3 is 0 Å². The molecule has 0 saturated heterocycles. The summed E-state index contributed by atoms with van der Waals surface area (Å²) in [6, 6.07) is 1.66. The Labute approximate surface area is 104 Å². The summed E-state index contributed by atoms with van der Waals surface area (Å²) in [6.07, 6.45) is 0. The Morgan fingerprint density at radius 2 is 1.87 bits per heavy atom. The Hall–Kier alpha value is -0.490. The van der Waals surface area contributed by atoms with Crippen molar-refractivity contribution in [2.75, 3.05) is 11.5 Å². The number of halogens is 3. The van der Waals surface area contributed by atoms with Crippen molar-refractivity contribution in [1.29, 1.82) is 0 Å². The SMILES string of the molecule is Nc1cc2nc(C(Cl)(Cl)Cl)nc(N)c2s1. The van der Waals surface area contributed by atoms with Gasteiger partial charge in [0.2, 0.25) is 3.79 Å². The minimum absolute atomic E-state index is 0.0512. The fourth-order valence-corrected chi connectivity index (χ4v) is 2.12. The molecular weight excluding hydrogens is 279 g/mol. The van der Waals surface area contributed by atoms with Crippen molar-refractivity contribution in [3.8, 4) is 0 Å². The third-order valence-electron chi connectivity index (χ3n) is 1.67. The van der Waals surface area contributed by atoms with E-state index in [4.69, 9.17) is 46.3 Å². The summed E-state index contributed by atoms with van der Waals surface area (Å²) in [6.45, 7) is 0. The average Bonchev–Trinajstić information content (AvgIpc) is 2.44. The molecule has 0 aliphatic rings. The van der Waals surface area contributed by atoms with Gasteiger partial charge in [-0.15, -0.1) is 11.3 Å². The van der Waals surface area contributed by atoms with Crippen LogP contribution >= 0.6 is 46.1 Å². The Balaban J connectivity index is 2.72. The largest absolute Gasteiger partial charge is 0.391 e. The molecule has 8 heteroatoms. The normalized spacial score (nSPS) is 12.2. The van der Waals surface area contributed by atoms with Crippen LogP contribution in [0.4, 0.5) is 10.8 Å². The molecule has 4 nitrogen and oxygen atoms in total. The van der Waals surface area contributed by atoms with Crippen LogP contribution in [0.15, 0.2) is 6.07 Å². The van der Waals surface area contributed by atoms with Crippen LogP contribution in [0.5, 0.6) is 0 Å². The molecule has 0 aliphatic carbocycles. The van der Waals surface area contributed by atoms with Gasteiger partial charge in [0.05, 0.1) is 15.2 Å². The highest BCUT2D eigenvalue weighted by molar-refractivity contribution is 7.23. The first kappa shape index (κ1) is 11.0. The predicted molar refractivity (Wildman–Crippen MR) is 65.5 cm³/mol. The van der Waals surface area contributed by atoms with E-state index in [-0.39, 0.29) is 11.6 Å². The second kappa shape index (κ2) is 3.52. The molecule has 15 heavy (non-hydrogen) atoms. The van der Waals surface area contributed by atoms with Crippen LogP contribution in [0, 0.1) is 0 Å². The van der Waals surface area contributed by atoms with E-state index in [9.17, 15) is 0 Å². The zero-order chi connectivity index (χ0) is 11.2. The van der Waals surface area contributed by atoms with Crippen molar-refractivity contribution in [2.24, 2.45) is 0 Å². The molecule has 2 aromatic rings. The van der Waals surface area contributed by atoms with Gasteiger partial charge in [-0.05, 0) is 6.07 Å². The maximum absolute atomic E-state index is 5.69. The van der Waals surface area contributed by atoms with Gasteiger partial charge in [-0.2, -0.15) is 0 Å². The molecule has 2 rings (SSSR count). The van der Waals surface area contributed by atoms with Gasteiger partial charge in [0.25, 0.3) is 0 Å². The van der Waals surface area contributed by atoms with Crippen molar-refractivity contribution >= 4 is 67.2 Å². The van der Waals surface area contributed by atoms with Crippen molar-refractivity contribution in [3.05, 3.63) is 11.9 Å². The Morgan fingerprint density at radius 1 is 1.20 bits per heavy atom. The van der Waals surface area contributed by atoms with E-state index in [1.54, 1.807) is 6.07 Å². The summed E-state index contributed by atoms with van der Waals surface area (Å²) in [7, 11) is 0. The molecule has 80 valence electrons. The van der Waals surface area contributed by atoms with Crippen molar-refractivity contribution in [1.82, 2.24) is 9.97 Å². The Kier molecular flexibility index (Phi) is 2.58. The summed E-state index contributed by atoms with van der Waals surface area (Å²) in [5, 5.41) is 0.590. The van der Waals surface area contributed by atoms with Crippen LogP contribution in [0.25, 0.3) is 10.2 Å². The lowest BCUT2D eigenvalue weighted by molar-refractivity contribution is 1.00. The van der Waals surface area contributed by atoms with E-state index < -0.39 is 3.79 Å². The van der Waals surface area contributed by atoms with Gasteiger partial charge in [-0.25, -0.2) is 9.97 Å². The number of nitrogens with zero attached hydrogens (tertiary/aromatic N) is 2. The number of nitrogens with two attached hydrogens (primary N) is 2. The number of hydrogen-bond donors (Lipinski definition) is 2. The summed E-state index contributed by atoms with van der Waals surface area (Å²) >= 11 is 18.3. The minimum atomic E-state index is -1.68. The number of fused-ring (bicyclic) bond motifs is 1. The fourth-order valence-electron chi connectivity index (χ4n) is 1.10. The van der Waals surface area contributed by atoms with E-state index in [1.807, 2.05) is 0 Å². The molecule has 0 aromatic carbocycles. The van der Waals surface area contributed by atoms with Crippen LogP contribution in [0.2, 0.25) is 0 Å². The summed E-state index contributed by atoms with van der Waals surface area (Å²) in [5.74, 6) is 0.318. The molecule has 0 radical (unpaired) electrons. The van der Waals surface area contributed by atoms with E-state index in [0.29, 0.717) is 15.2 Å². The molecule has 0 bridgehead atoms. The maximum atomic E-state index is 5.69. The van der Waals surface area contributed by atoms with Gasteiger partial charge in [0.15, 0.2) is 5.82 Å². The lowest BCUT2D eigenvalue weighted by Gasteiger charge is -2.09. The van der Waals surface area contributed by atoms with Crippen LogP contribution < -0.4 is 11.5 Å². The van der Waals surface area contributed by atoms with Crippen LogP contribution in [-0.4, -0.2) is 9.97 Å². The molecule has 0 unspecified atom stereocenters.